The van der Waals surface area contributed by atoms with Crippen molar-refractivity contribution in [2.24, 2.45) is 5.92 Å². The van der Waals surface area contributed by atoms with E-state index in [1.807, 2.05) is 6.07 Å². The van der Waals surface area contributed by atoms with Crippen molar-refractivity contribution in [3.05, 3.63) is 33.3 Å². The predicted octanol–water partition coefficient (Wildman–Crippen LogP) is 3.92. The van der Waals surface area contributed by atoms with Gasteiger partial charge in [-0.15, -0.1) is 0 Å². The van der Waals surface area contributed by atoms with E-state index in [1.54, 1.807) is 0 Å². The Kier molecular flexibility index (Phi) is 5.70. The van der Waals surface area contributed by atoms with Crippen LogP contribution in [0.25, 0.3) is 0 Å². The molecule has 2 nitrogen and oxygen atoms in total. The van der Waals surface area contributed by atoms with Gasteiger partial charge in [-0.2, -0.15) is 0 Å². The van der Waals surface area contributed by atoms with Crippen LogP contribution >= 0.6 is 27.5 Å². The van der Waals surface area contributed by atoms with E-state index in [2.05, 4.69) is 52.1 Å². The first-order chi connectivity index (χ1) is 9.06. The average Bonchev–Trinajstić information content (AvgIpc) is 2.34. The second-order valence-corrected chi connectivity index (χ2v) is 7.02. The third kappa shape index (κ3) is 4.45. The van der Waals surface area contributed by atoms with Crippen LogP contribution in [0.3, 0.4) is 0 Å². The molecule has 0 amide bonds. The Balaban J connectivity index is 2.06. The van der Waals surface area contributed by atoms with Crippen molar-refractivity contribution < 1.29 is 0 Å². The Labute approximate surface area is 129 Å². The van der Waals surface area contributed by atoms with E-state index >= 15 is 0 Å². The van der Waals surface area contributed by atoms with Gasteiger partial charge in [0.05, 0.1) is 0 Å². The zero-order valence-corrected chi connectivity index (χ0v) is 14.0. The predicted molar refractivity (Wildman–Crippen MR) is 85.7 cm³/mol. The summed E-state index contributed by atoms with van der Waals surface area (Å²) in [6.45, 7) is 8.79. The van der Waals surface area contributed by atoms with Crippen molar-refractivity contribution >= 4 is 27.5 Å². The lowest BCUT2D eigenvalue weighted by molar-refractivity contribution is 0.134. The van der Waals surface area contributed by atoms with Gasteiger partial charge in [0.2, 0.25) is 0 Å². The topological polar surface area (TPSA) is 15.3 Å². The molecule has 1 heterocycles. The standard InChI is InChI=1S/C15H22BrClN2/c1-11(2)7-14-9-18-5-6-19(14)10-12-3-4-13(16)8-15(12)17/h3-4,8,11,14,18H,5-7,9-10H2,1-2H3. The second kappa shape index (κ2) is 7.07. The van der Waals surface area contributed by atoms with E-state index in [-0.39, 0.29) is 0 Å². The summed E-state index contributed by atoms with van der Waals surface area (Å²) in [6, 6.07) is 6.80. The molecule has 1 fully saturated rings. The number of halogens is 2. The quantitative estimate of drug-likeness (QED) is 0.889. The van der Waals surface area contributed by atoms with Crippen molar-refractivity contribution in [2.45, 2.75) is 32.9 Å². The van der Waals surface area contributed by atoms with E-state index in [1.165, 1.54) is 12.0 Å². The van der Waals surface area contributed by atoms with Gasteiger partial charge >= 0.3 is 0 Å². The normalized spacial score (nSPS) is 21.0. The molecule has 1 unspecified atom stereocenters. The third-order valence-electron chi connectivity index (χ3n) is 3.60. The molecular weight excluding hydrogens is 324 g/mol. The van der Waals surface area contributed by atoms with Crippen molar-refractivity contribution in [3.63, 3.8) is 0 Å². The molecule has 0 radical (unpaired) electrons. The molecule has 1 aromatic rings. The molecule has 1 aliphatic heterocycles. The minimum atomic E-state index is 0.619. The van der Waals surface area contributed by atoms with Gasteiger partial charge in [0.25, 0.3) is 0 Å². The lowest BCUT2D eigenvalue weighted by Crippen LogP contribution is -2.51. The zero-order chi connectivity index (χ0) is 13.8. The molecular formula is C15H22BrClN2. The molecule has 1 N–H and O–H groups in total. The maximum Gasteiger partial charge on any atom is 0.0462 e. The minimum Gasteiger partial charge on any atom is -0.314 e. The summed E-state index contributed by atoms with van der Waals surface area (Å²) in [7, 11) is 0. The van der Waals surface area contributed by atoms with Gasteiger partial charge in [0, 0.05) is 41.7 Å². The third-order valence-corrected chi connectivity index (χ3v) is 4.45. The van der Waals surface area contributed by atoms with Gasteiger partial charge in [0.15, 0.2) is 0 Å². The van der Waals surface area contributed by atoms with E-state index in [4.69, 9.17) is 11.6 Å². The van der Waals surface area contributed by atoms with Crippen LogP contribution in [-0.2, 0) is 6.54 Å². The van der Waals surface area contributed by atoms with Crippen LogP contribution in [0.1, 0.15) is 25.8 Å². The fourth-order valence-electron chi connectivity index (χ4n) is 2.66. The summed E-state index contributed by atoms with van der Waals surface area (Å²) in [5.74, 6) is 0.729. The summed E-state index contributed by atoms with van der Waals surface area (Å²) in [5.41, 5.74) is 1.22. The molecule has 106 valence electrons. The van der Waals surface area contributed by atoms with E-state index < -0.39 is 0 Å². The molecule has 19 heavy (non-hydrogen) atoms. The molecule has 0 saturated carbocycles. The van der Waals surface area contributed by atoms with Gasteiger partial charge in [-0.1, -0.05) is 47.4 Å². The molecule has 1 aromatic carbocycles. The number of hydrogen-bond donors (Lipinski definition) is 1. The van der Waals surface area contributed by atoms with Crippen molar-refractivity contribution in [2.75, 3.05) is 19.6 Å². The monoisotopic (exact) mass is 344 g/mol. The second-order valence-electron chi connectivity index (χ2n) is 5.69. The summed E-state index contributed by atoms with van der Waals surface area (Å²) >= 11 is 9.79. The largest absolute Gasteiger partial charge is 0.314 e. The summed E-state index contributed by atoms with van der Waals surface area (Å²) < 4.78 is 1.04. The molecule has 0 aliphatic carbocycles. The Hall–Kier alpha value is -0.0900. The molecule has 1 aliphatic rings. The van der Waals surface area contributed by atoms with Crippen molar-refractivity contribution in [1.29, 1.82) is 0 Å². The Morgan fingerprint density at radius 1 is 1.47 bits per heavy atom. The lowest BCUT2D eigenvalue weighted by atomic mass is 10.00. The van der Waals surface area contributed by atoms with Crippen LogP contribution in [0.15, 0.2) is 22.7 Å². The van der Waals surface area contributed by atoms with Gasteiger partial charge in [-0.3, -0.25) is 4.90 Å². The first-order valence-corrected chi connectivity index (χ1v) is 8.12. The van der Waals surface area contributed by atoms with Crippen LogP contribution in [0.2, 0.25) is 5.02 Å². The van der Waals surface area contributed by atoms with Crippen LogP contribution in [0.5, 0.6) is 0 Å². The highest BCUT2D eigenvalue weighted by Crippen LogP contribution is 2.24. The lowest BCUT2D eigenvalue weighted by Gasteiger charge is -2.37. The van der Waals surface area contributed by atoms with Crippen molar-refractivity contribution in [3.8, 4) is 0 Å². The minimum absolute atomic E-state index is 0.619. The fraction of sp³-hybridized carbons (Fsp3) is 0.600. The first-order valence-electron chi connectivity index (χ1n) is 6.95. The van der Waals surface area contributed by atoms with Gasteiger partial charge in [-0.25, -0.2) is 0 Å². The Bertz CT molecular complexity index is 423. The zero-order valence-electron chi connectivity index (χ0n) is 11.6. The average molecular weight is 346 g/mol. The first kappa shape index (κ1) is 15.3. The van der Waals surface area contributed by atoms with E-state index in [0.29, 0.717) is 6.04 Å². The molecule has 1 saturated heterocycles. The number of piperazine rings is 1. The summed E-state index contributed by atoms with van der Waals surface area (Å²) in [5, 5.41) is 4.36. The van der Waals surface area contributed by atoms with Crippen LogP contribution < -0.4 is 5.32 Å². The van der Waals surface area contributed by atoms with Crippen molar-refractivity contribution in [1.82, 2.24) is 10.2 Å². The van der Waals surface area contributed by atoms with Crippen LogP contribution in [0.4, 0.5) is 0 Å². The molecule has 0 aromatic heterocycles. The highest BCUT2D eigenvalue weighted by Gasteiger charge is 2.23. The Morgan fingerprint density at radius 2 is 2.26 bits per heavy atom. The van der Waals surface area contributed by atoms with Crippen LogP contribution in [-0.4, -0.2) is 30.6 Å². The van der Waals surface area contributed by atoms with Gasteiger partial charge < -0.3 is 5.32 Å². The fourth-order valence-corrected chi connectivity index (χ4v) is 3.39. The smallest absolute Gasteiger partial charge is 0.0462 e. The number of hydrogen-bond acceptors (Lipinski definition) is 2. The maximum absolute atomic E-state index is 6.33. The van der Waals surface area contributed by atoms with Crippen LogP contribution in [0, 0.1) is 5.92 Å². The number of rotatable bonds is 4. The number of benzene rings is 1. The molecule has 0 spiro atoms. The highest BCUT2D eigenvalue weighted by molar-refractivity contribution is 9.10. The summed E-state index contributed by atoms with van der Waals surface area (Å²) in [6.07, 6.45) is 1.24. The molecule has 4 heteroatoms. The maximum atomic E-state index is 6.33. The SMILES string of the molecule is CC(C)CC1CNCCN1Cc1ccc(Br)cc1Cl. The highest BCUT2D eigenvalue weighted by atomic mass is 79.9. The number of nitrogens with one attached hydrogen (secondary N) is 1. The molecule has 0 bridgehead atoms. The van der Waals surface area contributed by atoms with Gasteiger partial charge in [0.1, 0.15) is 0 Å². The van der Waals surface area contributed by atoms with E-state index in [0.717, 1.165) is 41.6 Å². The Morgan fingerprint density at radius 3 is 2.95 bits per heavy atom. The number of nitrogens with zero attached hydrogens (tertiary/aromatic N) is 1. The summed E-state index contributed by atoms with van der Waals surface area (Å²) in [4.78, 5) is 2.56. The van der Waals surface area contributed by atoms with E-state index in [9.17, 15) is 0 Å². The molecule has 1 atom stereocenters. The molecule has 2 rings (SSSR count). The van der Waals surface area contributed by atoms with Gasteiger partial charge in [-0.05, 0) is 30.0 Å².